The maximum atomic E-state index is 12.9. The number of carbonyl (C=O) groups is 2. The van der Waals surface area contributed by atoms with Crippen LogP contribution in [0.1, 0.15) is 10.9 Å². The molecule has 21 heavy (non-hydrogen) atoms. The van der Waals surface area contributed by atoms with E-state index in [1.165, 1.54) is 29.5 Å². The molecular formula is C14H12FNO4S. The molecule has 5 nitrogen and oxygen atoms in total. The Morgan fingerprint density at radius 1 is 1.33 bits per heavy atom. The SMILES string of the molecule is O=C(COc1cccc(F)c1)NC(C(=O)O)c1cccs1. The smallest absolute Gasteiger partial charge is 0.331 e. The molecule has 110 valence electrons. The molecule has 2 rings (SSSR count). The molecule has 1 unspecified atom stereocenters. The van der Waals surface area contributed by atoms with Gasteiger partial charge in [-0.1, -0.05) is 12.1 Å². The Kier molecular flexibility index (Phi) is 4.89. The van der Waals surface area contributed by atoms with E-state index in [-0.39, 0.29) is 5.75 Å². The molecule has 7 heteroatoms. The van der Waals surface area contributed by atoms with Crippen LogP contribution in [0.15, 0.2) is 41.8 Å². The lowest BCUT2D eigenvalue weighted by Gasteiger charge is -2.13. The summed E-state index contributed by atoms with van der Waals surface area (Å²) in [5.41, 5.74) is 0. The summed E-state index contributed by atoms with van der Waals surface area (Å²) in [6.45, 7) is -0.390. The number of halogens is 1. The normalized spacial score (nSPS) is 11.7. The number of hydrogen-bond acceptors (Lipinski definition) is 4. The predicted octanol–water partition coefficient (Wildman–Crippen LogP) is 2.21. The molecule has 0 aliphatic carbocycles. The number of hydrogen-bond donors (Lipinski definition) is 2. The summed E-state index contributed by atoms with van der Waals surface area (Å²) < 4.78 is 18.0. The summed E-state index contributed by atoms with van der Waals surface area (Å²) in [5, 5.41) is 13.2. The van der Waals surface area contributed by atoms with E-state index in [1.54, 1.807) is 17.5 Å². The molecule has 1 aromatic carbocycles. The van der Waals surface area contributed by atoms with E-state index >= 15 is 0 Å². The van der Waals surface area contributed by atoms with E-state index in [1.807, 2.05) is 0 Å². The van der Waals surface area contributed by atoms with Gasteiger partial charge in [-0.3, -0.25) is 4.79 Å². The Morgan fingerprint density at radius 2 is 2.14 bits per heavy atom. The third kappa shape index (κ3) is 4.28. The van der Waals surface area contributed by atoms with Gasteiger partial charge in [0.25, 0.3) is 5.91 Å². The van der Waals surface area contributed by atoms with Crippen molar-refractivity contribution >= 4 is 23.2 Å². The molecule has 0 aliphatic rings. The Bertz CT molecular complexity index is 630. The molecule has 1 aromatic heterocycles. The third-order valence-corrected chi connectivity index (χ3v) is 3.48. The first kappa shape index (κ1) is 15.0. The molecule has 2 aromatic rings. The van der Waals surface area contributed by atoms with Gasteiger partial charge in [0.1, 0.15) is 11.6 Å². The van der Waals surface area contributed by atoms with E-state index < -0.39 is 30.3 Å². The van der Waals surface area contributed by atoms with Crippen molar-refractivity contribution in [2.45, 2.75) is 6.04 Å². The molecule has 1 atom stereocenters. The molecule has 0 radical (unpaired) electrons. The van der Waals surface area contributed by atoms with Gasteiger partial charge in [-0.15, -0.1) is 11.3 Å². The van der Waals surface area contributed by atoms with Gasteiger partial charge in [-0.25, -0.2) is 9.18 Å². The average Bonchev–Trinajstić information content (AvgIpc) is 2.96. The molecule has 0 saturated carbocycles. The van der Waals surface area contributed by atoms with Crippen molar-refractivity contribution in [2.75, 3.05) is 6.61 Å². The van der Waals surface area contributed by atoms with Crippen molar-refractivity contribution in [3.05, 3.63) is 52.5 Å². The van der Waals surface area contributed by atoms with Gasteiger partial charge in [0.2, 0.25) is 0 Å². The summed E-state index contributed by atoms with van der Waals surface area (Å²) in [5.74, 6) is -2.03. The zero-order valence-corrected chi connectivity index (χ0v) is 11.6. The first-order chi connectivity index (χ1) is 10.1. The van der Waals surface area contributed by atoms with Crippen LogP contribution < -0.4 is 10.1 Å². The van der Waals surface area contributed by atoms with Crippen molar-refractivity contribution in [1.29, 1.82) is 0 Å². The number of thiophene rings is 1. The van der Waals surface area contributed by atoms with Crippen LogP contribution in [-0.2, 0) is 9.59 Å². The topological polar surface area (TPSA) is 75.6 Å². The minimum atomic E-state index is -1.16. The van der Waals surface area contributed by atoms with E-state index in [9.17, 15) is 14.0 Å². The second-order valence-corrected chi connectivity index (χ2v) is 5.08. The number of rotatable bonds is 6. The van der Waals surface area contributed by atoms with Crippen LogP contribution in [0.25, 0.3) is 0 Å². The van der Waals surface area contributed by atoms with E-state index in [2.05, 4.69) is 5.32 Å². The van der Waals surface area contributed by atoms with E-state index in [0.717, 1.165) is 6.07 Å². The number of carboxylic acids is 1. The van der Waals surface area contributed by atoms with Crippen LogP contribution in [0.2, 0.25) is 0 Å². The van der Waals surface area contributed by atoms with Crippen molar-refractivity contribution in [2.24, 2.45) is 0 Å². The Hall–Kier alpha value is -2.41. The van der Waals surface area contributed by atoms with Gasteiger partial charge in [0, 0.05) is 10.9 Å². The van der Waals surface area contributed by atoms with Crippen LogP contribution in [0, 0.1) is 5.82 Å². The average molecular weight is 309 g/mol. The van der Waals surface area contributed by atoms with Crippen LogP contribution in [0.3, 0.4) is 0 Å². The highest BCUT2D eigenvalue weighted by Crippen LogP contribution is 2.19. The molecule has 0 saturated heterocycles. The Morgan fingerprint density at radius 3 is 2.76 bits per heavy atom. The molecule has 0 aliphatic heterocycles. The number of carbonyl (C=O) groups excluding carboxylic acids is 1. The van der Waals surface area contributed by atoms with Crippen molar-refractivity contribution in [3.8, 4) is 5.75 Å². The van der Waals surface area contributed by atoms with Crippen molar-refractivity contribution in [3.63, 3.8) is 0 Å². The number of benzene rings is 1. The minimum absolute atomic E-state index is 0.202. The second kappa shape index (κ2) is 6.85. The van der Waals surface area contributed by atoms with Crippen LogP contribution in [0.5, 0.6) is 5.75 Å². The van der Waals surface area contributed by atoms with Crippen LogP contribution >= 0.6 is 11.3 Å². The Balaban J connectivity index is 1.92. The maximum absolute atomic E-state index is 12.9. The number of amides is 1. The monoisotopic (exact) mass is 309 g/mol. The standard InChI is InChI=1S/C14H12FNO4S/c15-9-3-1-4-10(7-9)20-8-12(17)16-13(14(18)19)11-5-2-6-21-11/h1-7,13H,8H2,(H,16,17)(H,18,19). The molecule has 2 N–H and O–H groups in total. The van der Waals surface area contributed by atoms with Crippen LogP contribution in [0.4, 0.5) is 4.39 Å². The molecule has 1 amide bonds. The fraction of sp³-hybridized carbons (Fsp3) is 0.143. The van der Waals surface area contributed by atoms with Crippen molar-refractivity contribution < 1.29 is 23.8 Å². The number of ether oxygens (including phenoxy) is 1. The summed E-state index contributed by atoms with van der Waals surface area (Å²) >= 11 is 1.23. The van der Waals surface area contributed by atoms with Crippen LogP contribution in [-0.4, -0.2) is 23.6 Å². The van der Waals surface area contributed by atoms with Crippen molar-refractivity contribution in [1.82, 2.24) is 5.32 Å². The Labute approximate surface area is 124 Å². The molecule has 0 fully saturated rings. The number of carboxylic acid groups (broad SMARTS) is 1. The highest BCUT2D eigenvalue weighted by Gasteiger charge is 2.23. The first-order valence-electron chi connectivity index (χ1n) is 6.00. The summed E-state index contributed by atoms with van der Waals surface area (Å²) in [6.07, 6.45) is 0. The first-order valence-corrected chi connectivity index (χ1v) is 6.88. The molecule has 0 spiro atoms. The van der Waals surface area contributed by atoms with Gasteiger partial charge in [-0.05, 0) is 23.6 Å². The summed E-state index contributed by atoms with van der Waals surface area (Å²) in [4.78, 5) is 23.4. The summed E-state index contributed by atoms with van der Waals surface area (Å²) in [7, 11) is 0. The largest absolute Gasteiger partial charge is 0.484 e. The van der Waals surface area contributed by atoms with E-state index in [4.69, 9.17) is 9.84 Å². The maximum Gasteiger partial charge on any atom is 0.331 e. The molecule has 0 bridgehead atoms. The minimum Gasteiger partial charge on any atom is -0.484 e. The lowest BCUT2D eigenvalue weighted by molar-refractivity contribution is -0.142. The number of nitrogens with one attached hydrogen (secondary N) is 1. The molecular weight excluding hydrogens is 297 g/mol. The highest BCUT2D eigenvalue weighted by molar-refractivity contribution is 7.10. The quantitative estimate of drug-likeness (QED) is 0.858. The second-order valence-electron chi connectivity index (χ2n) is 4.10. The lowest BCUT2D eigenvalue weighted by atomic mass is 10.2. The van der Waals surface area contributed by atoms with Gasteiger partial charge >= 0.3 is 5.97 Å². The van der Waals surface area contributed by atoms with Gasteiger partial charge < -0.3 is 15.2 Å². The summed E-state index contributed by atoms with van der Waals surface area (Å²) in [6, 6.07) is 7.56. The fourth-order valence-electron chi connectivity index (χ4n) is 1.62. The predicted molar refractivity (Wildman–Crippen MR) is 74.7 cm³/mol. The highest BCUT2D eigenvalue weighted by atomic mass is 32.1. The fourth-order valence-corrected chi connectivity index (χ4v) is 2.39. The lowest BCUT2D eigenvalue weighted by Crippen LogP contribution is -2.36. The van der Waals surface area contributed by atoms with E-state index in [0.29, 0.717) is 4.88 Å². The van der Waals surface area contributed by atoms with Gasteiger partial charge in [0.15, 0.2) is 12.6 Å². The zero-order valence-electron chi connectivity index (χ0n) is 10.8. The number of aliphatic carboxylic acids is 1. The zero-order chi connectivity index (χ0) is 15.2. The molecule has 1 heterocycles. The van der Waals surface area contributed by atoms with Gasteiger partial charge in [-0.2, -0.15) is 0 Å². The van der Waals surface area contributed by atoms with Gasteiger partial charge in [0.05, 0.1) is 0 Å². The third-order valence-electron chi connectivity index (χ3n) is 2.55.